The van der Waals surface area contributed by atoms with Gasteiger partial charge in [-0.3, -0.25) is 9.59 Å². The molecule has 0 spiro atoms. The molecule has 1 heterocycles. The van der Waals surface area contributed by atoms with E-state index in [0.29, 0.717) is 11.4 Å². The lowest BCUT2D eigenvalue weighted by Crippen LogP contribution is -2.32. The molecule has 106 valence electrons. The zero-order valence-corrected chi connectivity index (χ0v) is 11.1. The second kappa shape index (κ2) is 5.60. The van der Waals surface area contributed by atoms with Crippen molar-refractivity contribution in [2.45, 2.75) is 12.5 Å². The number of methoxy groups -OCH3 is 2. The summed E-state index contributed by atoms with van der Waals surface area (Å²) in [6.07, 6.45) is -0.193. The number of nitrogens with one attached hydrogen (secondary N) is 1. The molecule has 0 bridgehead atoms. The predicted molar refractivity (Wildman–Crippen MR) is 69.4 cm³/mol. The van der Waals surface area contributed by atoms with E-state index in [1.54, 1.807) is 24.3 Å². The number of benzene rings is 1. The van der Waals surface area contributed by atoms with Gasteiger partial charge in [0.25, 0.3) is 5.91 Å². The van der Waals surface area contributed by atoms with Gasteiger partial charge in [-0.2, -0.15) is 0 Å². The number of ether oxygens (including phenoxy) is 2. The second-order valence-electron chi connectivity index (χ2n) is 4.16. The van der Waals surface area contributed by atoms with Crippen LogP contribution in [0.25, 0.3) is 0 Å². The number of hydrogen-bond acceptors (Lipinski definition) is 5. The van der Waals surface area contributed by atoms with Crippen LogP contribution in [-0.2, 0) is 14.3 Å². The van der Waals surface area contributed by atoms with Crippen LogP contribution in [0.1, 0.15) is 6.42 Å². The summed E-state index contributed by atoms with van der Waals surface area (Å²) in [4.78, 5) is 36.2. The van der Waals surface area contributed by atoms with Crippen molar-refractivity contribution in [1.82, 2.24) is 5.32 Å². The maximum absolute atomic E-state index is 12.2. The van der Waals surface area contributed by atoms with Gasteiger partial charge >= 0.3 is 12.0 Å². The van der Waals surface area contributed by atoms with E-state index in [2.05, 4.69) is 10.1 Å². The first-order valence-electron chi connectivity index (χ1n) is 5.92. The molecule has 0 radical (unpaired) electrons. The van der Waals surface area contributed by atoms with Crippen LogP contribution in [0.2, 0.25) is 0 Å². The zero-order chi connectivity index (χ0) is 14.7. The molecule has 20 heavy (non-hydrogen) atoms. The minimum atomic E-state index is -0.902. The van der Waals surface area contributed by atoms with Crippen molar-refractivity contribution in [3.05, 3.63) is 24.3 Å². The van der Waals surface area contributed by atoms with Crippen LogP contribution in [0.3, 0.4) is 0 Å². The number of hydrogen-bond donors (Lipinski definition) is 1. The Morgan fingerprint density at radius 1 is 1.35 bits per heavy atom. The van der Waals surface area contributed by atoms with E-state index in [4.69, 9.17) is 4.74 Å². The molecular weight excluding hydrogens is 264 g/mol. The summed E-state index contributed by atoms with van der Waals surface area (Å²) in [5, 5.41) is 2.45. The summed E-state index contributed by atoms with van der Waals surface area (Å²) >= 11 is 0. The molecule has 1 fully saturated rings. The Labute approximate surface area is 115 Å². The Morgan fingerprint density at radius 2 is 2.10 bits per heavy atom. The lowest BCUT2D eigenvalue weighted by atomic mass is 10.2. The van der Waals surface area contributed by atoms with E-state index >= 15 is 0 Å². The lowest BCUT2D eigenvalue weighted by Gasteiger charge is -2.13. The molecule has 7 heteroatoms. The van der Waals surface area contributed by atoms with Crippen LogP contribution in [0.5, 0.6) is 5.75 Å². The third-order valence-electron chi connectivity index (χ3n) is 2.93. The summed E-state index contributed by atoms with van der Waals surface area (Å²) in [5.74, 6) is -0.524. The fourth-order valence-electron chi connectivity index (χ4n) is 1.91. The van der Waals surface area contributed by atoms with Gasteiger partial charge in [0, 0.05) is 6.07 Å². The first kappa shape index (κ1) is 13.9. The van der Waals surface area contributed by atoms with Gasteiger partial charge in [-0.1, -0.05) is 6.07 Å². The van der Waals surface area contributed by atoms with Crippen molar-refractivity contribution >= 4 is 23.6 Å². The highest BCUT2D eigenvalue weighted by atomic mass is 16.5. The number of anilines is 1. The van der Waals surface area contributed by atoms with Gasteiger partial charge < -0.3 is 14.8 Å². The highest BCUT2D eigenvalue weighted by Crippen LogP contribution is 2.24. The minimum Gasteiger partial charge on any atom is -0.497 e. The molecule has 0 unspecified atom stereocenters. The lowest BCUT2D eigenvalue weighted by molar-refractivity contribution is -0.142. The Balaban J connectivity index is 2.22. The molecule has 0 aromatic heterocycles. The van der Waals surface area contributed by atoms with Gasteiger partial charge in [0.05, 0.1) is 26.3 Å². The van der Waals surface area contributed by atoms with Crippen molar-refractivity contribution in [2.24, 2.45) is 0 Å². The van der Waals surface area contributed by atoms with Crippen LogP contribution in [0.15, 0.2) is 24.3 Å². The molecule has 1 atom stereocenters. The number of imide groups is 1. The summed E-state index contributed by atoms with van der Waals surface area (Å²) in [6.45, 7) is 0. The van der Waals surface area contributed by atoms with Crippen molar-refractivity contribution in [2.75, 3.05) is 19.1 Å². The first-order valence-corrected chi connectivity index (χ1v) is 5.92. The summed E-state index contributed by atoms with van der Waals surface area (Å²) in [7, 11) is 2.72. The molecule has 1 aromatic carbocycles. The summed E-state index contributed by atoms with van der Waals surface area (Å²) in [5.41, 5.74) is 0.388. The summed E-state index contributed by atoms with van der Waals surface area (Å²) < 4.78 is 9.54. The molecule has 0 aliphatic carbocycles. The van der Waals surface area contributed by atoms with Crippen LogP contribution in [0, 0.1) is 0 Å². The molecule has 0 saturated carbocycles. The molecule has 7 nitrogen and oxygen atoms in total. The number of amides is 3. The average molecular weight is 278 g/mol. The molecule has 1 saturated heterocycles. The minimum absolute atomic E-state index is 0.193. The second-order valence-corrected chi connectivity index (χ2v) is 4.16. The fourth-order valence-corrected chi connectivity index (χ4v) is 1.91. The Bertz CT molecular complexity index is 557. The molecule has 2 rings (SSSR count). The standard InChI is InChI=1S/C13H14N2O5/c1-19-9-5-3-4-8(6-9)15-12(17)10(14-13(15)18)7-11(16)20-2/h3-6,10H,7H2,1-2H3,(H,14,18)/t10-/m0/s1. The normalized spacial score (nSPS) is 17.9. The number of carbonyl (C=O) groups excluding carboxylic acids is 3. The average Bonchev–Trinajstić information content (AvgIpc) is 2.73. The van der Waals surface area contributed by atoms with Crippen molar-refractivity contribution in [3.8, 4) is 5.75 Å². The Kier molecular flexibility index (Phi) is 3.88. The van der Waals surface area contributed by atoms with E-state index in [1.165, 1.54) is 14.2 Å². The molecule has 1 aliphatic heterocycles. The quantitative estimate of drug-likeness (QED) is 0.646. The van der Waals surface area contributed by atoms with Gasteiger partial charge in [-0.05, 0) is 12.1 Å². The molecular formula is C13H14N2O5. The maximum atomic E-state index is 12.2. The molecule has 3 amide bonds. The maximum Gasteiger partial charge on any atom is 0.329 e. The number of carbonyl (C=O) groups is 3. The predicted octanol–water partition coefficient (Wildman–Crippen LogP) is 0.683. The fraction of sp³-hybridized carbons (Fsp3) is 0.308. The van der Waals surface area contributed by atoms with Gasteiger partial charge in [-0.25, -0.2) is 9.69 Å². The van der Waals surface area contributed by atoms with Crippen molar-refractivity contribution < 1.29 is 23.9 Å². The van der Waals surface area contributed by atoms with Crippen LogP contribution >= 0.6 is 0 Å². The van der Waals surface area contributed by atoms with Gasteiger partial charge in [0.1, 0.15) is 11.8 Å². The largest absolute Gasteiger partial charge is 0.497 e. The van der Waals surface area contributed by atoms with E-state index in [0.717, 1.165) is 4.90 Å². The van der Waals surface area contributed by atoms with Gasteiger partial charge in [0.2, 0.25) is 0 Å². The first-order chi connectivity index (χ1) is 9.56. The smallest absolute Gasteiger partial charge is 0.329 e. The molecule has 1 N–H and O–H groups in total. The van der Waals surface area contributed by atoms with Crippen LogP contribution in [0.4, 0.5) is 10.5 Å². The molecule has 1 aliphatic rings. The Hall–Kier alpha value is -2.57. The summed E-state index contributed by atoms with van der Waals surface area (Å²) in [6, 6.07) is 5.08. The molecule has 1 aromatic rings. The Morgan fingerprint density at radius 3 is 2.75 bits per heavy atom. The third-order valence-corrected chi connectivity index (χ3v) is 2.93. The third kappa shape index (κ3) is 2.56. The van der Waals surface area contributed by atoms with Gasteiger partial charge in [0.15, 0.2) is 0 Å². The van der Waals surface area contributed by atoms with Crippen LogP contribution < -0.4 is 15.0 Å². The van der Waals surface area contributed by atoms with Crippen LogP contribution in [-0.4, -0.2) is 38.2 Å². The van der Waals surface area contributed by atoms with Gasteiger partial charge in [-0.15, -0.1) is 0 Å². The highest BCUT2D eigenvalue weighted by Gasteiger charge is 2.40. The number of esters is 1. The van der Waals surface area contributed by atoms with E-state index in [-0.39, 0.29) is 6.42 Å². The monoisotopic (exact) mass is 278 g/mol. The van der Waals surface area contributed by atoms with Crippen molar-refractivity contribution in [3.63, 3.8) is 0 Å². The topological polar surface area (TPSA) is 84.9 Å². The number of nitrogens with zero attached hydrogens (tertiary/aromatic N) is 1. The van der Waals surface area contributed by atoms with E-state index in [9.17, 15) is 14.4 Å². The van der Waals surface area contributed by atoms with E-state index < -0.39 is 23.9 Å². The van der Waals surface area contributed by atoms with Crippen molar-refractivity contribution in [1.29, 1.82) is 0 Å². The number of urea groups is 1. The zero-order valence-electron chi connectivity index (χ0n) is 11.1. The highest BCUT2D eigenvalue weighted by molar-refractivity contribution is 6.22. The SMILES string of the molecule is COC(=O)C[C@@H]1NC(=O)N(c2cccc(OC)c2)C1=O. The van der Waals surface area contributed by atoms with E-state index in [1.807, 2.05) is 0 Å². The number of rotatable bonds is 4.